The van der Waals surface area contributed by atoms with Crippen molar-refractivity contribution in [2.45, 2.75) is 32.1 Å². The number of benzene rings is 2. The van der Waals surface area contributed by atoms with Crippen LogP contribution < -0.4 is 0 Å². The molecular formula is C19H21N. The van der Waals surface area contributed by atoms with E-state index < -0.39 is 0 Å². The Balaban J connectivity index is 1.97. The van der Waals surface area contributed by atoms with E-state index in [-0.39, 0.29) is 0 Å². The van der Waals surface area contributed by atoms with Crippen LogP contribution in [-0.4, -0.2) is 12.3 Å². The minimum Gasteiger partial charge on any atom is -0.288 e. The molecule has 0 aromatic heterocycles. The Hall–Kier alpha value is -1.89. The van der Waals surface area contributed by atoms with Gasteiger partial charge in [-0.2, -0.15) is 0 Å². The van der Waals surface area contributed by atoms with Crippen LogP contribution in [0, 0.1) is 0 Å². The molecular weight excluding hydrogens is 242 g/mol. The third-order valence-corrected chi connectivity index (χ3v) is 4.08. The SMILES string of the molecule is CCCCC1=NCC(c2ccccc2)c2ccccc21. The first-order valence-corrected chi connectivity index (χ1v) is 7.57. The van der Waals surface area contributed by atoms with E-state index in [9.17, 15) is 0 Å². The fraction of sp³-hybridized carbons (Fsp3) is 0.316. The molecule has 0 aliphatic carbocycles. The van der Waals surface area contributed by atoms with Crippen molar-refractivity contribution in [3.63, 3.8) is 0 Å². The highest BCUT2D eigenvalue weighted by Crippen LogP contribution is 2.32. The molecule has 0 N–H and O–H groups in total. The third kappa shape index (κ3) is 2.53. The Morgan fingerprint density at radius 1 is 1.00 bits per heavy atom. The minimum absolute atomic E-state index is 0.415. The van der Waals surface area contributed by atoms with Crippen LogP contribution in [0.5, 0.6) is 0 Å². The standard InChI is InChI=1S/C19H21N/c1-2-3-13-19-17-12-8-7-11-16(17)18(14-20-19)15-9-5-4-6-10-15/h4-12,18H,2-3,13-14H2,1H3. The zero-order chi connectivity index (χ0) is 13.8. The zero-order valence-corrected chi connectivity index (χ0v) is 12.0. The van der Waals surface area contributed by atoms with Gasteiger partial charge in [0, 0.05) is 11.6 Å². The van der Waals surface area contributed by atoms with Crippen LogP contribution in [0.1, 0.15) is 48.8 Å². The monoisotopic (exact) mass is 263 g/mol. The molecule has 0 amide bonds. The summed E-state index contributed by atoms with van der Waals surface area (Å²) in [5, 5.41) is 0. The van der Waals surface area contributed by atoms with Gasteiger partial charge in [-0.3, -0.25) is 4.99 Å². The van der Waals surface area contributed by atoms with Crippen molar-refractivity contribution < 1.29 is 0 Å². The first kappa shape index (κ1) is 13.1. The summed E-state index contributed by atoms with van der Waals surface area (Å²) in [5.41, 5.74) is 5.48. The summed E-state index contributed by atoms with van der Waals surface area (Å²) in [6.45, 7) is 3.13. The largest absolute Gasteiger partial charge is 0.288 e. The predicted octanol–water partition coefficient (Wildman–Crippen LogP) is 4.81. The van der Waals surface area contributed by atoms with Crippen LogP contribution in [0.2, 0.25) is 0 Å². The van der Waals surface area contributed by atoms with Crippen molar-refractivity contribution in [1.82, 2.24) is 0 Å². The number of hydrogen-bond acceptors (Lipinski definition) is 1. The lowest BCUT2D eigenvalue weighted by Crippen LogP contribution is -2.18. The molecule has 20 heavy (non-hydrogen) atoms. The smallest absolute Gasteiger partial charge is 0.0502 e. The lowest BCUT2D eigenvalue weighted by molar-refractivity contribution is 0.778. The van der Waals surface area contributed by atoms with Crippen LogP contribution in [0.25, 0.3) is 0 Å². The highest BCUT2D eigenvalue weighted by molar-refractivity contribution is 6.03. The Morgan fingerprint density at radius 3 is 2.55 bits per heavy atom. The molecule has 1 heterocycles. The molecule has 0 saturated heterocycles. The quantitative estimate of drug-likeness (QED) is 0.750. The number of hydrogen-bond donors (Lipinski definition) is 0. The Labute approximate surface area is 121 Å². The highest BCUT2D eigenvalue weighted by atomic mass is 14.8. The molecule has 3 rings (SSSR count). The van der Waals surface area contributed by atoms with Crippen molar-refractivity contribution in [2.75, 3.05) is 6.54 Å². The Morgan fingerprint density at radius 2 is 1.75 bits per heavy atom. The van der Waals surface area contributed by atoms with Gasteiger partial charge in [0.05, 0.1) is 6.54 Å². The van der Waals surface area contributed by atoms with Crippen molar-refractivity contribution in [3.8, 4) is 0 Å². The van der Waals surface area contributed by atoms with Crippen molar-refractivity contribution in [2.24, 2.45) is 4.99 Å². The summed E-state index contributed by atoms with van der Waals surface area (Å²) in [6, 6.07) is 19.5. The van der Waals surface area contributed by atoms with Gasteiger partial charge in [0.25, 0.3) is 0 Å². The Bertz CT molecular complexity index is 598. The van der Waals surface area contributed by atoms with Gasteiger partial charge in [-0.25, -0.2) is 0 Å². The molecule has 102 valence electrons. The lowest BCUT2D eigenvalue weighted by Gasteiger charge is -2.25. The normalized spacial score (nSPS) is 17.4. The van der Waals surface area contributed by atoms with Crippen molar-refractivity contribution in [3.05, 3.63) is 71.3 Å². The Kier molecular flexibility index (Phi) is 3.96. The third-order valence-electron chi connectivity index (χ3n) is 4.08. The summed E-state index contributed by atoms with van der Waals surface area (Å²) < 4.78 is 0. The van der Waals surface area contributed by atoms with Gasteiger partial charge in [0.15, 0.2) is 0 Å². The molecule has 2 aromatic rings. The summed E-state index contributed by atoms with van der Waals surface area (Å²) in [7, 11) is 0. The molecule has 0 fully saturated rings. The first-order chi connectivity index (χ1) is 9.90. The second kappa shape index (κ2) is 6.04. The molecule has 1 nitrogen and oxygen atoms in total. The number of nitrogens with zero attached hydrogens (tertiary/aromatic N) is 1. The fourth-order valence-corrected chi connectivity index (χ4v) is 2.98. The molecule has 1 atom stereocenters. The fourth-order valence-electron chi connectivity index (χ4n) is 2.98. The second-order valence-electron chi connectivity index (χ2n) is 5.44. The van der Waals surface area contributed by atoms with Gasteiger partial charge in [-0.15, -0.1) is 0 Å². The van der Waals surface area contributed by atoms with E-state index in [4.69, 9.17) is 4.99 Å². The number of unbranched alkanes of at least 4 members (excludes halogenated alkanes) is 1. The molecule has 1 aliphatic heterocycles. The number of aliphatic imine (C=N–C) groups is 1. The van der Waals surface area contributed by atoms with Gasteiger partial charge in [-0.1, -0.05) is 67.9 Å². The van der Waals surface area contributed by atoms with Gasteiger partial charge < -0.3 is 0 Å². The van der Waals surface area contributed by atoms with E-state index >= 15 is 0 Å². The van der Waals surface area contributed by atoms with Gasteiger partial charge in [0.2, 0.25) is 0 Å². The zero-order valence-electron chi connectivity index (χ0n) is 12.0. The number of fused-ring (bicyclic) bond motifs is 1. The average Bonchev–Trinajstić information content (AvgIpc) is 2.53. The topological polar surface area (TPSA) is 12.4 Å². The van der Waals surface area contributed by atoms with Crippen LogP contribution in [0.4, 0.5) is 0 Å². The van der Waals surface area contributed by atoms with E-state index in [2.05, 4.69) is 61.5 Å². The van der Waals surface area contributed by atoms with Gasteiger partial charge in [-0.05, 0) is 29.5 Å². The molecule has 0 spiro atoms. The van der Waals surface area contributed by atoms with Crippen LogP contribution >= 0.6 is 0 Å². The van der Waals surface area contributed by atoms with E-state index in [1.807, 2.05) is 0 Å². The average molecular weight is 263 g/mol. The molecule has 0 saturated carbocycles. The summed E-state index contributed by atoms with van der Waals surface area (Å²) in [6.07, 6.45) is 3.56. The van der Waals surface area contributed by atoms with Crippen molar-refractivity contribution >= 4 is 5.71 Å². The molecule has 2 aromatic carbocycles. The maximum atomic E-state index is 4.88. The van der Waals surface area contributed by atoms with E-state index in [1.54, 1.807) is 0 Å². The van der Waals surface area contributed by atoms with Crippen LogP contribution in [-0.2, 0) is 0 Å². The molecule has 0 radical (unpaired) electrons. The summed E-state index contributed by atoms with van der Waals surface area (Å²) in [4.78, 5) is 4.88. The molecule has 1 aliphatic rings. The molecule has 1 heteroatoms. The van der Waals surface area contributed by atoms with Crippen molar-refractivity contribution in [1.29, 1.82) is 0 Å². The van der Waals surface area contributed by atoms with E-state index in [0.29, 0.717) is 5.92 Å². The minimum atomic E-state index is 0.415. The van der Waals surface area contributed by atoms with Gasteiger partial charge in [0.1, 0.15) is 0 Å². The number of rotatable bonds is 4. The van der Waals surface area contributed by atoms with Crippen LogP contribution in [0.3, 0.4) is 0 Å². The molecule has 0 bridgehead atoms. The van der Waals surface area contributed by atoms with Gasteiger partial charge >= 0.3 is 0 Å². The highest BCUT2D eigenvalue weighted by Gasteiger charge is 2.23. The molecule has 1 unspecified atom stereocenters. The first-order valence-electron chi connectivity index (χ1n) is 7.57. The lowest BCUT2D eigenvalue weighted by atomic mass is 9.83. The van der Waals surface area contributed by atoms with E-state index in [1.165, 1.54) is 35.2 Å². The maximum Gasteiger partial charge on any atom is 0.0502 e. The van der Waals surface area contributed by atoms with E-state index in [0.717, 1.165) is 13.0 Å². The summed E-state index contributed by atoms with van der Waals surface area (Å²) in [5.74, 6) is 0.415. The predicted molar refractivity (Wildman–Crippen MR) is 85.7 cm³/mol. The second-order valence-corrected chi connectivity index (χ2v) is 5.44. The maximum absolute atomic E-state index is 4.88. The van der Waals surface area contributed by atoms with Crippen LogP contribution in [0.15, 0.2) is 59.6 Å². The summed E-state index contributed by atoms with van der Waals surface area (Å²) >= 11 is 0.